The van der Waals surface area contributed by atoms with Gasteiger partial charge in [-0.3, -0.25) is 14.7 Å². The van der Waals surface area contributed by atoms with Crippen molar-refractivity contribution in [3.05, 3.63) is 79.0 Å². The van der Waals surface area contributed by atoms with Crippen LogP contribution in [-0.4, -0.2) is 114 Å². The van der Waals surface area contributed by atoms with Crippen LogP contribution in [0.1, 0.15) is 83.4 Å². The Hall–Kier alpha value is -4.98. The molecule has 0 saturated carbocycles. The van der Waals surface area contributed by atoms with E-state index in [1.165, 1.54) is 39.7 Å². The number of nitrogens with zero attached hydrogens (tertiary/aromatic N) is 7. The minimum atomic E-state index is -0.568. The Morgan fingerprint density at radius 1 is 0.783 bits per heavy atom. The molecule has 0 radical (unpaired) electrons. The molecule has 7 heterocycles. The van der Waals surface area contributed by atoms with Crippen molar-refractivity contribution < 1.29 is 24.5 Å². The molecule has 3 unspecified atom stereocenters. The van der Waals surface area contributed by atoms with E-state index in [0.29, 0.717) is 11.8 Å². The summed E-state index contributed by atoms with van der Waals surface area (Å²) in [5.74, 6) is 1.34. The zero-order valence-corrected chi connectivity index (χ0v) is 35.3. The normalized spacial score (nSPS) is 19.9. The Kier molecular flexibility index (Phi) is 13.3. The van der Waals surface area contributed by atoms with Gasteiger partial charge in [-0.1, -0.05) is 12.1 Å². The van der Waals surface area contributed by atoms with E-state index in [1.807, 2.05) is 33.1 Å². The second-order valence-corrected chi connectivity index (χ2v) is 17.6. The highest BCUT2D eigenvalue weighted by atomic mass is 16.5. The molecule has 0 spiro atoms. The van der Waals surface area contributed by atoms with Crippen LogP contribution >= 0.6 is 0 Å². The number of H-pyrrole nitrogens is 1. The molecule has 0 bridgehead atoms. The average molecular weight is 819 g/mol. The van der Waals surface area contributed by atoms with Crippen molar-refractivity contribution in [2.75, 3.05) is 50.8 Å². The maximum absolute atomic E-state index is 12.2. The average Bonchev–Trinajstić information content (AvgIpc) is 4.10. The number of hydrogen-bond acceptors (Lipinski definition) is 8. The number of anilines is 1. The second-order valence-electron chi connectivity index (χ2n) is 17.6. The maximum Gasteiger partial charge on any atom is 0.225 e. The molecule has 3 atom stereocenters. The summed E-state index contributed by atoms with van der Waals surface area (Å²) in [6.07, 6.45) is 18.0. The van der Waals surface area contributed by atoms with Crippen LogP contribution in [0.3, 0.4) is 0 Å². The van der Waals surface area contributed by atoms with Gasteiger partial charge < -0.3 is 34.2 Å². The first kappa shape index (κ1) is 41.7. The summed E-state index contributed by atoms with van der Waals surface area (Å²) < 4.78 is 10.2. The van der Waals surface area contributed by atoms with Gasteiger partial charge in [0.1, 0.15) is 6.23 Å². The van der Waals surface area contributed by atoms with Crippen molar-refractivity contribution in [3.63, 3.8) is 0 Å². The number of aromatic nitrogens is 5. The fraction of sp³-hybridized carbons (Fsp3) is 0.532. The largest absolute Gasteiger partial charge is 0.393 e. The second kappa shape index (κ2) is 19.2. The Labute approximate surface area is 353 Å². The summed E-state index contributed by atoms with van der Waals surface area (Å²) >= 11 is 0. The number of hydrogen-bond donors (Lipinski definition) is 3. The number of amides is 2. The van der Waals surface area contributed by atoms with E-state index in [4.69, 9.17) is 4.74 Å². The zero-order chi connectivity index (χ0) is 41.6. The molecule has 9 rings (SSSR count). The van der Waals surface area contributed by atoms with Crippen LogP contribution in [0.2, 0.25) is 0 Å². The Morgan fingerprint density at radius 2 is 1.47 bits per heavy atom. The lowest BCUT2D eigenvalue weighted by atomic mass is 9.95. The number of likely N-dealkylation sites (tertiary alicyclic amines) is 2. The van der Waals surface area contributed by atoms with Gasteiger partial charge in [0.05, 0.1) is 37.4 Å². The number of piperidine rings is 2. The number of rotatable bonds is 11. The summed E-state index contributed by atoms with van der Waals surface area (Å²) in [4.78, 5) is 30.6. The van der Waals surface area contributed by atoms with E-state index in [0.717, 1.165) is 108 Å². The van der Waals surface area contributed by atoms with Gasteiger partial charge in [-0.05, 0) is 124 Å². The number of carbonyl (C=O) groups is 2. The molecule has 4 aliphatic heterocycles. The van der Waals surface area contributed by atoms with Gasteiger partial charge in [-0.2, -0.15) is 10.2 Å². The first-order valence-corrected chi connectivity index (χ1v) is 22.2. The lowest BCUT2D eigenvalue weighted by Gasteiger charge is -2.35. The molecule has 3 saturated heterocycles. The highest BCUT2D eigenvalue weighted by molar-refractivity contribution is 5.85. The summed E-state index contributed by atoms with van der Waals surface area (Å²) in [6, 6.07) is 15.5. The minimum absolute atomic E-state index is 0.0612. The van der Waals surface area contributed by atoms with Crippen LogP contribution in [0.15, 0.2) is 73.4 Å². The molecule has 0 aliphatic carbocycles. The van der Waals surface area contributed by atoms with E-state index in [9.17, 15) is 19.8 Å². The minimum Gasteiger partial charge on any atom is -0.393 e. The van der Waals surface area contributed by atoms with Gasteiger partial charge in [0.2, 0.25) is 11.8 Å². The van der Waals surface area contributed by atoms with Gasteiger partial charge in [-0.15, -0.1) is 0 Å². The number of nitrogens with one attached hydrogen (secondary N) is 1. The fourth-order valence-corrected chi connectivity index (χ4v) is 9.45. The summed E-state index contributed by atoms with van der Waals surface area (Å²) in [7, 11) is 0. The number of aliphatic hydroxyl groups is 2. The van der Waals surface area contributed by atoms with Crippen LogP contribution in [0.5, 0.6) is 0 Å². The van der Waals surface area contributed by atoms with Gasteiger partial charge in [0, 0.05) is 98.7 Å². The third-order valence-electron chi connectivity index (χ3n) is 12.9. The molecule has 5 aromatic rings. The number of aliphatic hydroxyl groups excluding tert-OH is 2. The van der Waals surface area contributed by atoms with Gasteiger partial charge >= 0.3 is 0 Å². The quantitative estimate of drug-likeness (QED) is 0.134. The molecule has 60 heavy (non-hydrogen) atoms. The predicted molar refractivity (Wildman–Crippen MR) is 233 cm³/mol. The molecular weight excluding hydrogens is 757 g/mol. The monoisotopic (exact) mass is 818 g/mol. The molecular formula is C47H62N8O5. The third kappa shape index (κ3) is 10.1. The number of fused-ring (bicyclic) bond motifs is 2. The highest BCUT2D eigenvalue weighted by Crippen LogP contribution is 2.34. The van der Waals surface area contributed by atoms with Crippen molar-refractivity contribution in [3.8, 4) is 22.3 Å². The molecule has 2 aromatic carbocycles. The van der Waals surface area contributed by atoms with Crippen molar-refractivity contribution in [1.82, 2.24) is 34.3 Å². The van der Waals surface area contributed by atoms with Gasteiger partial charge in [0.15, 0.2) is 0 Å². The van der Waals surface area contributed by atoms with Crippen LogP contribution < -0.4 is 4.90 Å². The van der Waals surface area contributed by atoms with Crippen molar-refractivity contribution in [1.29, 1.82) is 0 Å². The number of ether oxygens (including phenoxy) is 1. The van der Waals surface area contributed by atoms with E-state index >= 15 is 0 Å². The lowest BCUT2D eigenvalue weighted by molar-refractivity contribution is -0.135. The van der Waals surface area contributed by atoms with E-state index in [-0.39, 0.29) is 30.9 Å². The highest BCUT2D eigenvalue weighted by Gasteiger charge is 2.28. The van der Waals surface area contributed by atoms with E-state index < -0.39 is 12.2 Å². The molecule has 2 amide bonds. The summed E-state index contributed by atoms with van der Waals surface area (Å²) in [6.45, 7) is 10.5. The molecule has 3 N–H and O–H groups in total. The summed E-state index contributed by atoms with van der Waals surface area (Å²) in [5.41, 5.74) is 8.66. The van der Waals surface area contributed by atoms with Crippen molar-refractivity contribution >= 4 is 28.4 Å². The van der Waals surface area contributed by atoms with Gasteiger partial charge in [0.25, 0.3) is 0 Å². The van der Waals surface area contributed by atoms with Crippen LogP contribution in [0.4, 0.5) is 5.69 Å². The first-order valence-electron chi connectivity index (χ1n) is 22.2. The fourth-order valence-electron chi connectivity index (χ4n) is 9.45. The maximum atomic E-state index is 12.2. The lowest BCUT2D eigenvalue weighted by Crippen LogP contribution is -2.42. The number of carbonyl (C=O) groups excluding carboxylic acids is 2. The van der Waals surface area contributed by atoms with Gasteiger partial charge in [-0.25, -0.2) is 4.68 Å². The van der Waals surface area contributed by atoms with Crippen LogP contribution in [-0.2, 0) is 27.3 Å². The molecule has 13 nitrogen and oxygen atoms in total. The molecule has 13 heteroatoms. The Balaban J connectivity index is 0.000000170. The predicted octanol–water partition coefficient (Wildman–Crippen LogP) is 6.66. The SMILES string of the molecule is CC(O)CC(=O)N1CCC(CN2CCc3cc(-c4cn[nH]c4)ccc32)CC1.CC(O)CC(=O)N1CCC(Cn2ccc3cc(-c4cnn(C5CCCCO5)c4)ccc32)CC1. The van der Waals surface area contributed by atoms with Crippen LogP contribution in [0.25, 0.3) is 33.2 Å². The zero-order valence-electron chi connectivity index (χ0n) is 35.3. The standard InChI is InChI=1S/C26H34N4O3.C21H28N4O2/c1-19(31)14-25(32)28-10-7-20(8-11-28)17-29-12-9-22-15-21(5-6-24(22)29)23-16-27-30(18-23)26-4-2-3-13-33-26;1-15(26)10-21(27)24-7-4-16(5-8-24)14-25-9-6-18-11-17(2-3-20(18)25)19-12-22-23-13-19/h5-6,9,12,15-16,18-20,26,31H,2-4,7-8,10-11,13-14,17H2,1H3;2-3,11-13,15-16,26H,4-10,14H2,1H3,(H,22,23). The summed E-state index contributed by atoms with van der Waals surface area (Å²) in [5, 5.41) is 31.6. The smallest absolute Gasteiger partial charge is 0.225 e. The molecule has 320 valence electrons. The Morgan fingerprint density at radius 3 is 2.12 bits per heavy atom. The molecule has 3 fully saturated rings. The topological polar surface area (TPSA) is 145 Å². The van der Waals surface area contributed by atoms with Crippen LogP contribution in [0, 0.1) is 11.8 Å². The van der Waals surface area contributed by atoms with E-state index in [2.05, 4.69) is 79.6 Å². The first-order chi connectivity index (χ1) is 29.2. The molecule has 4 aliphatic rings. The van der Waals surface area contributed by atoms with Crippen molar-refractivity contribution in [2.45, 2.75) is 103 Å². The number of aromatic amines is 1. The van der Waals surface area contributed by atoms with E-state index in [1.54, 1.807) is 13.8 Å². The number of benzene rings is 2. The molecule has 3 aromatic heterocycles. The van der Waals surface area contributed by atoms with Crippen molar-refractivity contribution in [2.24, 2.45) is 11.8 Å². The Bertz CT molecular complexity index is 2170. The third-order valence-corrected chi connectivity index (χ3v) is 12.9.